The minimum atomic E-state index is -0.288. The molecule has 0 saturated heterocycles. The molecule has 5 nitrogen and oxygen atoms in total. The Morgan fingerprint density at radius 1 is 1.08 bits per heavy atom. The van der Waals surface area contributed by atoms with Gasteiger partial charge in [-0.2, -0.15) is 5.10 Å². The lowest BCUT2D eigenvalue weighted by molar-refractivity contribution is 0.0955. The highest BCUT2D eigenvalue weighted by Crippen LogP contribution is 2.25. The van der Waals surface area contributed by atoms with Crippen molar-refractivity contribution in [2.75, 3.05) is 13.2 Å². The lowest BCUT2D eigenvalue weighted by atomic mass is 10.1. The van der Waals surface area contributed by atoms with Gasteiger partial charge in [0.1, 0.15) is 11.5 Å². The zero-order valence-corrected chi connectivity index (χ0v) is 16.0. The molecule has 0 fully saturated rings. The first-order valence-corrected chi connectivity index (χ1v) is 8.93. The first kappa shape index (κ1) is 19.8. The molecule has 2 aromatic rings. The number of carbonyl (C=O) groups excluding carboxylic acids is 1. The molecule has 2 rings (SSSR count). The quantitative estimate of drug-likeness (QED) is 0.539. The summed E-state index contributed by atoms with van der Waals surface area (Å²) in [7, 11) is 0. The Bertz CT molecular complexity index is 773. The van der Waals surface area contributed by atoms with Crippen LogP contribution >= 0.6 is 11.6 Å². The largest absolute Gasteiger partial charge is 0.494 e. The highest BCUT2D eigenvalue weighted by molar-refractivity contribution is 6.32. The van der Waals surface area contributed by atoms with Gasteiger partial charge in [0.2, 0.25) is 0 Å². The van der Waals surface area contributed by atoms with Crippen molar-refractivity contribution in [2.24, 2.45) is 5.10 Å². The maximum absolute atomic E-state index is 12.2. The summed E-state index contributed by atoms with van der Waals surface area (Å²) in [4.78, 5) is 12.2. The fraction of sp³-hybridized carbons (Fsp3) is 0.300. The fourth-order valence-electron chi connectivity index (χ4n) is 2.18. The molecule has 0 saturated carbocycles. The molecule has 0 aliphatic heterocycles. The highest BCUT2D eigenvalue weighted by atomic mass is 35.5. The monoisotopic (exact) mass is 374 g/mol. The van der Waals surface area contributed by atoms with Crippen LogP contribution in [0.5, 0.6) is 11.5 Å². The molecule has 6 heteroatoms. The van der Waals surface area contributed by atoms with Gasteiger partial charge in [0.15, 0.2) is 0 Å². The topological polar surface area (TPSA) is 59.9 Å². The van der Waals surface area contributed by atoms with Gasteiger partial charge < -0.3 is 9.47 Å². The third-order valence-electron chi connectivity index (χ3n) is 3.56. The molecule has 26 heavy (non-hydrogen) atoms. The second-order valence-electron chi connectivity index (χ2n) is 5.59. The van der Waals surface area contributed by atoms with Crippen molar-refractivity contribution in [3.63, 3.8) is 0 Å². The molecule has 2 aromatic carbocycles. The van der Waals surface area contributed by atoms with Gasteiger partial charge in [-0.3, -0.25) is 4.79 Å². The number of hydrogen-bond donors (Lipinski definition) is 1. The van der Waals surface area contributed by atoms with E-state index in [1.807, 2.05) is 19.9 Å². The zero-order chi connectivity index (χ0) is 18.9. The smallest absolute Gasteiger partial charge is 0.271 e. The predicted octanol–water partition coefficient (Wildman–Crippen LogP) is 4.68. The van der Waals surface area contributed by atoms with Crippen molar-refractivity contribution >= 4 is 23.2 Å². The number of amides is 1. The van der Waals surface area contributed by atoms with Gasteiger partial charge in [0, 0.05) is 5.56 Å². The van der Waals surface area contributed by atoms with E-state index in [1.54, 1.807) is 43.3 Å². The molecule has 0 unspecified atom stereocenters. The van der Waals surface area contributed by atoms with Crippen molar-refractivity contribution in [1.82, 2.24) is 5.43 Å². The number of carbonyl (C=O) groups is 1. The summed E-state index contributed by atoms with van der Waals surface area (Å²) in [5.74, 6) is 1.08. The number of rotatable bonds is 8. The molecule has 0 spiro atoms. The highest BCUT2D eigenvalue weighted by Gasteiger charge is 2.07. The van der Waals surface area contributed by atoms with Gasteiger partial charge in [0.25, 0.3) is 5.91 Å². The number of benzene rings is 2. The van der Waals surface area contributed by atoms with Crippen LogP contribution in [0.2, 0.25) is 5.02 Å². The van der Waals surface area contributed by atoms with E-state index in [4.69, 9.17) is 21.1 Å². The van der Waals surface area contributed by atoms with Gasteiger partial charge in [-0.25, -0.2) is 5.43 Å². The summed E-state index contributed by atoms with van der Waals surface area (Å²) in [6.45, 7) is 6.94. The third kappa shape index (κ3) is 5.49. The van der Waals surface area contributed by atoms with E-state index in [1.165, 1.54) is 0 Å². The van der Waals surface area contributed by atoms with Crippen molar-refractivity contribution in [2.45, 2.75) is 27.2 Å². The molecule has 0 bridgehead atoms. The van der Waals surface area contributed by atoms with Crippen LogP contribution in [0.25, 0.3) is 0 Å². The maximum atomic E-state index is 12.2. The number of hydrogen-bond acceptors (Lipinski definition) is 4. The van der Waals surface area contributed by atoms with Gasteiger partial charge in [-0.05, 0) is 68.3 Å². The summed E-state index contributed by atoms with van der Waals surface area (Å²) < 4.78 is 10.9. The van der Waals surface area contributed by atoms with Crippen molar-refractivity contribution < 1.29 is 14.3 Å². The van der Waals surface area contributed by atoms with E-state index in [9.17, 15) is 4.79 Å². The van der Waals surface area contributed by atoms with Crippen LogP contribution in [-0.2, 0) is 0 Å². The summed E-state index contributed by atoms with van der Waals surface area (Å²) in [6.07, 6.45) is 0.936. The molecule has 0 aliphatic carbocycles. The Morgan fingerprint density at radius 3 is 2.38 bits per heavy atom. The van der Waals surface area contributed by atoms with E-state index >= 15 is 0 Å². The maximum Gasteiger partial charge on any atom is 0.271 e. The van der Waals surface area contributed by atoms with Crippen LogP contribution in [0.1, 0.15) is 43.1 Å². The van der Waals surface area contributed by atoms with Gasteiger partial charge in [0.05, 0.1) is 23.9 Å². The number of ether oxygens (including phenoxy) is 2. The minimum absolute atomic E-state index is 0.288. The molecule has 1 amide bonds. The lowest BCUT2D eigenvalue weighted by Gasteiger charge is -2.08. The molecule has 0 aromatic heterocycles. The fourth-order valence-corrected chi connectivity index (χ4v) is 2.42. The molecule has 0 aliphatic rings. The van der Waals surface area contributed by atoms with Crippen molar-refractivity contribution in [1.29, 1.82) is 0 Å². The van der Waals surface area contributed by atoms with Crippen LogP contribution in [-0.4, -0.2) is 24.8 Å². The Kier molecular flexibility index (Phi) is 7.48. The van der Waals surface area contributed by atoms with E-state index in [0.29, 0.717) is 35.3 Å². The average molecular weight is 375 g/mol. The van der Waals surface area contributed by atoms with Crippen LogP contribution < -0.4 is 14.9 Å². The number of hydrazone groups is 1. The van der Waals surface area contributed by atoms with E-state index < -0.39 is 0 Å². The Morgan fingerprint density at radius 2 is 1.77 bits per heavy atom. The predicted molar refractivity (Wildman–Crippen MR) is 105 cm³/mol. The Balaban J connectivity index is 2.01. The zero-order valence-electron chi connectivity index (χ0n) is 15.2. The minimum Gasteiger partial charge on any atom is -0.494 e. The normalized spacial score (nSPS) is 11.2. The first-order chi connectivity index (χ1) is 12.5. The van der Waals surface area contributed by atoms with E-state index in [-0.39, 0.29) is 5.91 Å². The molecule has 0 heterocycles. The molecule has 0 atom stereocenters. The number of nitrogens with one attached hydrogen (secondary N) is 1. The SMILES string of the molecule is CCCOc1ccc(C(=O)N/N=C(\C)c2ccc(OCC)c(Cl)c2)cc1. The average Bonchev–Trinajstić information content (AvgIpc) is 2.66. The standard InChI is InChI=1S/C20H23ClN2O3/c1-4-12-26-17-9-6-15(7-10-17)20(24)23-22-14(3)16-8-11-19(25-5-2)18(21)13-16/h6-11,13H,4-5,12H2,1-3H3,(H,23,24)/b22-14+. The molecular formula is C20H23ClN2O3. The van der Waals surface area contributed by atoms with Crippen LogP contribution in [0.15, 0.2) is 47.6 Å². The van der Waals surface area contributed by atoms with Gasteiger partial charge in [-0.1, -0.05) is 18.5 Å². The summed E-state index contributed by atoms with van der Waals surface area (Å²) in [6, 6.07) is 12.4. The number of nitrogens with zero attached hydrogens (tertiary/aromatic N) is 1. The Hall–Kier alpha value is -2.53. The lowest BCUT2D eigenvalue weighted by Crippen LogP contribution is -2.19. The summed E-state index contributed by atoms with van der Waals surface area (Å²) in [5, 5.41) is 4.65. The van der Waals surface area contributed by atoms with E-state index in [0.717, 1.165) is 17.7 Å². The van der Waals surface area contributed by atoms with Crippen LogP contribution in [0.4, 0.5) is 0 Å². The molecular weight excluding hydrogens is 352 g/mol. The van der Waals surface area contributed by atoms with Crippen molar-refractivity contribution in [3.8, 4) is 11.5 Å². The first-order valence-electron chi connectivity index (χ1n) is 8.55. The number of halogens is 1. The van der Waals surface area contributed by atoms with Gasteiger partial charge >= 0.3 is 0 Å². The Labute approximate surface area is 159 Å². The second-order valence-corrected chi connectivity index (χ2v) is 6.00. The van der Waals surface area contributed by atoms with Crippen LogP contribution in [0, 0.1) is 0 Å². The van der Waals surface area contributed by atoms with Gasteiger partial charge in [-0.15, -0.1) is 0 Å². The van der Waals surface area contributed by atoms with Crippen LogP contribution in [0.3, 0.4) is 0 Å². The molecule has 1 N–H and O–H groups in total. The molecule has 138 valence electrons. The summed E-state index contributed by atoms with van der Waals surface area (Å²) in [5.41, 5.74) is 4.51. The second kappa shape index (κ2) is 9.82. The molecule has 0 radical (unpaired) electrons. The van der Waals surface area contributed by atoms with E-state index in [2.05, 4.69) is 10.5 Å². The van der Waals surface area contributed by atoms with Crippen molar-refractivity contribution in [3.05, 3.63) is 58.6 Å². The third-order valence-corrected chi connectivity index (χ3v) is 3.86. The summed E-state index contributed by atoms with van der Waals surface area (Å²) >= 11 is 6.18.